The molecule has 21 heavy (non-hydrogen) atoms. The monoisotopic (exact) mass is 310 g/mol. The van der Waals surface area contributed by atoms with Gasteiger partial charge in [0.25, 0.3) is 5.91 Å². The normalized spacial score (nSPS) is 19.1. The molecule has 2 N–H and O–H groups in total. The van der Waals surface area contributed by atoms with Gasteiger partial charge in [-0.05, 0) is 31.0 Å². The van der Waals surface area contributed by atoms with Gasteiger partial charge in [-0.3, -0.25) is 4.79 Å². The summed E-state index contributed by atoms with van der Waals surface area (Å²) in [7, 11) is -3.51. The average Bonchev–Trinajstić information content (AvgIpc) is 2.45. The standard InChI is InChI=1S/C14H18N2O4S/c1-4-12-14(17)15-11-7-6-10(8-13(11)20-12)9(3)16-21(18,19)5-2/h5-9,12,16H,2,4H2,1,3H3,(H,15,17). The van der Waals surface area contributed by atoms with Gasteiger partial charge in [0.15, 0.2) is 6.10 Å². The third-order valence-electron chi connectivity index (χ3n) is 3.26. The second kappa shape index (κ2) is 5.87. The maximum absolute atomic E-state index is 11.7. The second-order valence-corrected chi connectivity index (χ2v) is 6.47. The number of ether oxygens (including phenoxy) is 1. The van der Waals surface area contributed by atoms with Crippen molar-refractivity contribution in [3.63, 3.8) is 0 Å². The predicted molar refractivity (Wildman–Crippen MR) is 80.4 cm³/mol. The van der Waals surface area contributed by atoms with Crippen molar-refractivity contribution >= 4 is 21.6 Å². The van der Waals surface area contributed by atoms with Crippen LogP contribution in [0.25, 0.3) is 0 Å². The van der Waals surface area contributed by atoms with Crippen LogP contribution < -0.4 is 14.8 Å². The fourth-order valence-corrected chi connectivity index (χ4v) is 2.79. The van der Waals surface area contributed by atoms with Gasteiger partial charge in [0.2, 0.25) is 10.0 Å². The highest BCUT2D eigenvalue weighted by Crippen LogP contribution is 2.33. The minimum Gasteiger partial charge on any atom is -0.478 e. The van der Waals surface area contributed by atoms with Gasteiger partial charge in [0.1, 0.15) is 5.75 Å². The van der Waals surface area contributed by atoms with Crippen LogP contribution in [-0.2, 0) is 14.8 Å². The lowest BCUT2D eigenvalue weighted by molar-refractivity contribution is -0.123. The van der Waals surface area contributed by atoms with Crippen molar-refractivity contribution in [2.75, 3.05) is 5.32 Å². The molecule has 2 unspecified atom stereocenters. The quantitative estimate of drug-likeness (QED) is 0.870. The molecule has 1 aliphatic heterocycles. The molecule has 1 heterocycles. The fourth-order valence-electron chi connectivity index (χ4n) is 2.06. The van der Waals surface area contributed by atoms with Crippen LogP contribution in [-0.4, -0.2) is 20.4 Å². The van der Waals surface area contributed by atoms with Gasteiger partial charge in [-0.15, -0.1) is 0 Å². The third-order valence-corrected chi connectivity index (χ3v) is 4.38. The zero-order valence-electron chi connectivity index (χ0n) is 11.9. The molecule has 114 valence electrons. The average molecular weight is 310 g/mol. The van der Waals surface area contributed by atoms with E-state index in [0.717, 1.165) is 11.0 Å². The Morgan fingerprint density at radius 3 is 2.86 bits per heavy atom. The van der Waals surface area contributed by atoms with Crippen LogP contribution in [0.4, 0.5) is 5.69 Å². The Morgan fingerprint density at radius 1 is 1.52 bits per heavy atom. The van der Waals surface area contributed by atoms with Crippen LogP contribution in [0.1, 0.15) is 31.9 Å². The number of carbonyl (C=O) groups excluding carboxylic acids is 1. The highest BCUT2D eigenvalue weighted by atomic mass is 32.2. The summed E-state index contributed by atoms with van der Waals surface area (Å²) in [5.41, 5.74) is 1.33. The number of hydrogen-bond acceptors (Lipinski definition) is 4. The molecule has 1 aromatic carbocycles. The summed E-state index contributed by atoms with van der Waals surface area (Å²) >= 11 is 0. The number of amides is 1. The molecule has 7 heteroatoms. The first-order chi connectivity index (χ1) is 9.86. The van der Waals surface area contributed by atoms with Crippen molar-refractivity contribution in [1.29, 1.82) is 0 Å². The number of nitrogens with one attached hydrogen (secondary N) is 2. The molecule has 2 atom stereocenters. The highest BCUT2D eigenvalue weighted by molar-refractivity contribution is 7.92. The minimum absolute atomic E-state index is 0.168. The van der Waals surface area contributed by atoms with E-state index < -0.39 is 22.2 Å². The van der Waals surface area contributed by atoms with Crippen LogP contribution in [0.5, 0.6) is 5.75 Å². The van der Waals surface area contributed by atoms with E-state index in [4.69, 9.17) is 4.74 Å². The lowest BCUT2D eigenvalue weighted by Gasteiger charge is -2.26. The zero-order chi connectivity index (χ0) is 15.6. The molecule has 0 radical (unpaired) electrons. The Kier molecular flexibility index (Phi) is 4.34. The Bertz CT molecular complexity index is 670. The second-order valence-electron chi connectivity index (χ2n) is 4.81. The van der Waals surface area contributed by atoms with Crippen LogP contribution in [0.3, 0.4) is 0 Å². The number of sulfonamides is 1. The first-order valence-corrected chi connectivity index (χ1v) is 8.17. The zero-order valence-corrected chi connectivity index (χ0v) is 12.7. The first kappa shape index (κ1) is 15.5. The summed E-state index contributed by atoms with van der Waals surface area (Å²) in [5.74, 6) is 0.377. The van der Waals surface area contributed by atoms with Crippen molar-refractivity contribution in [1.82, 2.24) is 4.72 Å². The maximum atomic E-state index is 11.7. The van der Waals surface area contributed by atoms with Crippen LogP contribution in [0.15, 0.2) is 30.2 Å². The van der Waals surface area contributed by atoms with Gasteiger partial charge in [0.05, 0.1) is 5.69 Å². The van der Waals surface area contributed by atoms with E-state index in [9.17, 15) is 13.2 Å². The van der Waals surface area contributed by atoms with Crippen LogP contribution in [0.2, 0.25) is 0 Å². The Hall–Kier alpha value is -1.86. The molecular weight excluding hydrogens is 292 g/mol. The summed E-state index contributed by atoms with van der Waals surface area (Å²) in [6, 6.07) is 4.74. The summed E-state index contributed by atoms with van der Waals surface area (Å²) in [6.45, 7) is 6.84. The molecular formula is C14H18N2O4S. The Morgan fingerprint density at radius 2 is 2.24 bits per heavy atom. The van der Waals surface area contributed by atoms with Crippen molar-refractivity contribution in [3.8, 4) is 5.75 Å². The number of anilines is 1. The first-order valence-electron chi connectivity index (χ1n) is 6.62. The fraction of sp³-hybridized carbons (Fsp3) is 0.357. The smallest absolute Gasteiger partial charge is 0.265 e. The molecule has 0 spiro atoms. The number of carbonyl (C=O) groups is 1. The number of benzene rings is 1. The predicted octanol–water partition coefficient (Wildman–Crippen LogP) is 1.92. The van der Waals surface area contributed by atoms with Gasteiger partial charge >= 0.3 is 0 Å². The van der Waals surface area contributed by atoms with E-state index in [2.05, 4.69) is 16.6 Å². The van der Waals surface area contributed by atoms with Crippen LogP contribution >= 0.6 is 0 Å². The molecule has 0 saturated heterocycles. The lowest BCUT2D eigenvalue weighted by atomic mass is 10.1. The van der Waals surface area contributed by atoms with Crippen molar-refractivity contribution in [2.24, 2.45) is 0 Å². The maximum Gasteiger partial charge on any atom is 0.265 e. The summed E-state index contributed by atoms with van der Waals surface area (Å²) < 4.78 is 31.1. The molecule has 2 rings (SSSR count). The van der Waals surface area contributed by atoms with Gasteiger partial charge in [-0.1, -0.05) is 19.6 Å². The molecule has 0 fully saturated rings. The Labute approximate surface area is 124 Å². The van der Waals surface area contributed by atoms with E-state index in [1.807, 2.05) is 6.92 Å². The van der Waals surface area contributed by atoms with E-state index in [-0.39, 0.29) is 5.91 Å². The van der Waals surface area contributed by atoms with Crippen molar-refractivity contribution in [2.45, 2.75) is 32.4 Å². The highest BCUT2D eigenvalue weighted by Gasteiger charge is 2.26. The third kappa shape index (κ3) is 3.43. The van der Waals surface area contributed by atoms with E-state index >= 15 is 0 Å². The van der Waals surface area contributed by atoms with Crippen molar-refractivity contribution in [3.05, 3.63) is 35.7 Å². The van der Waals surface area contributed by atoms with E-state index in [0.29, 0.717) is 17.9 Å². The summed E-state index contributed by atoms with van der Waals surface area (Å²) in [6.07, 6.45) is 0.0432. The molecule has 0 saturated carbocycles. The number of rotatable bonds is 5. The molecule has 0 aromatic heterocycles. The molecule has 1 aromatic rings. The number of fused-ring (bicyclic) bond motifs is 1. The van der Waals surface area contributed by atoms with E-state index in [1.54, 1.807) is 25.1 Å². The molecule has 1 amide bonds. The number of hydrogen-bond donors (Lipinski definition) is 2. The van der Waals surface area contributed by atoms with Gasteiger partial charge in [0, 0.05) is 11.4 Å². The molecule has 0 bridgehead atoms. The van der Waals surface area contributed by atoms with Gasteiger partial charge in [-0.25, -0.2) is 13.1 Å². The Balaban J connectivity index is 2.25. The largest absolute Gasteiger partial charge is 0.478 e. The van der Waals surface area contributed by atoms with Crippen molar-refractivity contribution < 1.29 is 17.9 Å². The van der Waals surface area contributed by atoms with Gasteiger partial charge in [-0.2, -0.15) is 0 Å². The molecule has 0 aliphatic carbocycles. The van der Waals surface area contributed by atoms with E-state index in [1.165, 1.54) is 0 Å². The van der Waals surface area contributed by atoms with Gasteiger partial charge < -0.3 is 10.1 Å². The topological polar surface area (TPSA) is 84.5 Å². The molecule has 6 nitrogen and oxygen atoms in total. The SMILES string of the molecule is C=CS(=O)(=O)NC(C)c1ccc2c(c1)OC(CC)C(=O)N2. The minimum atomic E-state index is -3.51. The summed E-state index contributed by atoms with van der Waals surface area (Å²) in [4.78, 5) is 11.7. The summed E-state index contributed by atoms with van der Waals surface area (Å²) in [5, 5.41) is 3.63. The molecule has 1 aliphatic rings. The van der Waals surface area contributed by atoms with Crippen LogP contribution in [0, 0.1) is 0 Å². The lowest BCUT2D eigenvalue weighted by Crippen LogP contribution is -2.36.